The van der Waals surface area contributed by atoms with Crippen LogP contribution in [0, 0.1) is 0 Å². The van der Waals surface area contributed by atoms with E-state index in [4.69, 9.17) is 4.74 Å². The molecular formula is C19H25N3O3S. The number of carbonyl (C=O) groups excluding carboxylic acids is 1. The second-order valence-electron chi connectivity index (χ2n) is 6.51. The van der Waals surface area contributed by atoms with Crippen molar-refractivity contribution in [1.29, 1.82) is 0 Å². The van der Waals surface area contributed by atoms with Crippen molar-refractivity contribution in [2.75, 3.05) is 13.2 Å². The van der Waals surface area contributed by atoms with Gasteiger partial charge in [-0.2, -0.15) is 0 Å². The Balaban J connectivity index is 1.93. The maximum Gasteiger partial charge on any atom is 0.262 e. The lowest BCUT2D eigenvalue weighted by Gasteiger charge is -2.18. The molecule has 6 nitrogen and oxygen atoms in total. The van der Waals surface area contributed by atoms with Gasteiger partial charge in [0.1, 0.15) is 0 Å². The van der Waals surface area contributed by atoms with Crippen molar-refractivity contribution in [3.8, 4) is 0 Å². The molecule has 2 aromatic rings. The minimum atomic E-state index is -0.328. The zero-order valence-corrected chi connectivity index (χ0v) is 16.1. The van der Waals surface area contributed by atoms with E-state index in [-0.39, 0.29) is 22.8 Å². The Morgan fingerprint density at radius 3 is 3.00 bits per heavy atom. The van der Waals surface area contributed by atoms with Gasteiger partial charge in [0.25, 0.3) is 5.56 Å². The minimum Gasteiger partial charge on any atom is -0.376 e. The number of nitrogens with zero attached hydrogens (tertiary/aromatic N) is 2. The van der Waals surface area contributed by atoms with Gasteiger partial charge in [-0.1, -0.05) is 30.8 Å². The largest absolute Gasteiger partial charge is 0.376 e. The van der Waals surface area contributed by atoms with Gasteiger partial charge in [-0.3, -0.25) is 14.2 Å². The summed E-state index contributed by atoms with van der Waals surface area (Å²) >= 11 is 1.33. The van der Waals surface area contributed by atoms with Gasteiger partial charge in [0.15, 0.2) is 5.16 Å². The van der Waals surface area contributed by atoms with Gasteiger partial charge in [-0.05, 0) is 38.3 Å². The summed E-state index contributed by atoms with van der Waals surface area (Å²) in [6.45, 7) is 5.72. The lowest BCUT2D eigenvalue weighted by atomic mass is 10.2. The van der Waals surface area contributed by atoms with E-state index in [1.807, 2.05) is 32.0 Å². The van der Waals surface area contributed by atoms with E-state index in [9.17, 15) is 9.59 Å². The second-order valence-corrected chi connectivity index (χ2v) is 7.82. The smallest absolute Gasteiger partial charge is 0.262 e. The van der Waals surface area contributed by atoms with Crippen LogP contribution in [0.4, 0.5) is 0 Å². The lowest BCUT2D eigenvalue weighted by molar-refractivity contribution is -0.120. The van der Waals surface area contributed by atoms with Crippen molar-refractivity contribution >= 4 is 28.6 Å². The first-order chi connectivity index (χ1) is 12.6. The van der Waals surface area contributed by atoms with E-state index in [1.54, 1.807) is 10.6 Å². The molecule has 1 N–H and O–H groups in total. The third-order valence-corrected chi connectivity index (χ3v) is 5.53. The average molecular weight is 375 g/mol. The highest BCUT2D eigenvalue weighted by Gasteiger charge is 2.23. The Labute approximate surface area is 157 Å². The minimum absolute atomic E-state index is 0.0271. The quantitative estimate of drug-likeness (QED) is 0.595. The molecule has 1 aliphatic rings. The number of nitrogens with one attached hydrogen (secondary N) is 1. The van der Waals surface area contributed by atoms with Crippen LogP contribution in [0.2, 0.25) is 0 Å². The molecule has 0 bridgehead atoms. The molecule has 140 valence electrons. The third-order valence-electron chi connectivity index (χ3n) is 4.44. The monoisotopic (exact) mass is 375 g/mol. The molecule has 26 heavy (non-hydrogen) atoms. The number of benzene rings is 1. The molecule has 0 radical (unpaired) electrons. The molecule has 0 aliphatic carbocycles. The normalized spacial score (nSPS) is 18.2. The first-order valence-corrected chi connectivity index (χ1v) is 10.0. The van der Waals surface area contributed by atoms with Crippen LogP contribution >= 0.6 is 11.8 Å². The number of amides is 1. The van der Waals surface area contributed by atoms with Crippen LogP contribution in [0.3, 0.4) is 0 Å². The highest BCUT2D eigenvalue weighted by atomic mass is 32.2. The molecule has 2 heterocycles. The van der Waals surface area contributed by atoms with Crippen LogP contribution in [0.15, 0.2) is 34.2 Å². The molecule has 2 atom stereocenters. The molecule has 1 aromatic carbocycles. The summed E-state index contributed by atoms with van der Waals surface area (Å²) < 4.78 is 7.38. The van der Waals surface area contributed by atoms with Crippen LogP contribution in [0.5, 0.6) is 0 Å². The number of fused-ring (bicyclic) bond motifs is 1. The Hall–Kier alpha value is -1.86. The van der Waals surface area contributed by atoms with Crippen molar-refractivity contribution in [2.45, 2.75) is 56.2 Å². The number of carbonyl (C=O) groups is 1. The third kappa shape index (κ3) is 4.27. The molecule has 1 fully saturated rings. The molecule has 0 unspecified atom stereocenters. The molecule has 0 saturated carbocycles. The zero-order valence-electron chi connectivity index (χ0n) is 15.2. The maximum absolute atomic E-state index is 13.0. The van der Waals surface area contributed by atoms with E-state index in [0.717, 1.165) is 25.9 Å². The summed E-state index contributed by atoms with van der Waals surface area (Å²) in [6.07, 6.45) is 2.87. The van der Waals surface area contributed by atoms with Gasteiger partial charge < -0.3 is 10.1 Å². The van der Waals surface area contributed by atoms with Crippen LogP contribution in [0.25, 0.3) is 10.9 Å². The Kier molecular flexibility index (Phi) is 6.32. The Morgan fingerprint density at radius 1 is 1.46 bits per heavy atom. The topological polar surface area (TPSA) is 73.2 Å². The van der Waals surface area contributed by atoms with Crippen LogP contribution in [0.1, 0.15) is 33.1 Å². The number of thioether (sulfide) groups is 1. The van der Waals surface area contributed by atoms with Gasteiger partial charge in [0.2, 0.25) is 5.91 Å². The van der Waals surface area contributed by atoms with Crippen molar-refractivity contribution in [2.24, 2.45) is 0 Å². The fourth-order valence-corrected chi connectivity index (χ4v) is 3.94. The van der Waals surface area contributed by atoms with Crippen molar-refractivity contribution in [3.05, 3.63) is 34.6 Å². The number of aromatic nitrogens is 2. The van der Waals surface area contributed by atoms with Gasteiger partial charge in [-0.15, -0.1) is 0 Å². The van der Waals surface area contributed by atoms with Gasteiger partial charge >= 0.3 is 0 Å². The predicted octanol–water partition coefficient (Wildman–Crippen LogP) is 2.58. The number of para-hydroxylation sites is 1. The summed E-state index contributed by atoms with van der Waals surface area (Å²) in [5.74, 6) is -0.0390. The van der Waals surface area contributed by atoms with Crippen molar-refractivity contribution in [3.63, 3.8) is 0 Å². The molecular weight excluding hydrogens is 350 g/mol. The van der Waals surface area contributed by atoms with Crippen LogP contribution in [-0.2, 0) is 16.1 Å². The Morgan fingerprint density at radius 2 is 2.27 bits per heavy atom. The molecule has 3 rings (SSSR count). The standard InChI is InChI=1S/C19H25N3O3S/c1-3-10-20-17(23)13(2)26-19-21-16-9-5-4-8-15(16)18(24)22(19)12-14-7-6-11-25-14/h4-5,8-9,13-14H,3,6-7,10-12H2,1-2H3,(H,20,23)/t13-,14+/m0/s1. The van der Waals surface area contributed by atoms with E-state index >= 15 is 0 Å². The maximum atomic E-state index is 13.0. The van der Waals surface area contributed by atoms with E-state index in [2.05, 4.69) is 10.3 Å². The SMILES string of the molecule is CCCNC(=O)[C@H](C)Sc1nc2ccccc2c(=O)n1C[C@H]1CCCO1. The molecule has 1 amide bonds. The van der Waals surface area contributed by atoms with Crippen molar-refractivity contribution in [1.82, 2.24) is 14.9 Å². The first-order valence-electron chi connectivity index (χ1n) is 9.15. The molecule has 1 saturated heterocycles. The molecule has 0 spiro atoms. The van der Waals surface area contributed by atoms with Gasteiger partial charge in [0.05, 0.1) is 28.8 Å². The summed E-state index contributed by atoms with van der Waals surface area (Å²) in [6, 6.07) is 7.34. The molecule has 1 aliphatic heterocycles. The second kappa shape index (κ2) is 8.68. The van der Waals surface area contributed by atoms with Gasteiger partial charge in [0, 0.05) is 13.2 Å². The van der Waals surface area contributed by atoms with Crippen LogP contribution < -0.4 is 10.9 Å². The van der Waals surface area contributed by atoms with Crippen LogP contribution in [-0.4, -0.2) is 40.0 Å². The van der Waals surface area contributed by atoms with E-state index < -0.39 is 0 Å². The fourth-order valence-electron chi connectivity index (χ4n) is 2.99. The highest BCUT2D eigenvalue weighted by molar-refractivity contribution is 8.00. The van der Waals surface area contributed by atoms with Gasteiger partial charge in [-0.25, -0.2) is 4.98 Å². The number of hydrogen-bond acceptors (Lipinski definition) is 5. The van der Waals surface area contributed by atoms with E-state index in [1.165, 1.54) is 11.8 Å². The lowest BCUT2D eigenvalue weighted by Crippen LogP contribution is -2.33. The highest BCUT2D eigenvalue weighted by Crippen LogP contribution is 2.24. The fraction of sp³-hybridized carbons (Fsp3) is 0.526. The Bertz CT molecular complexity index is 830. The molecule has 7 heteroatoms. The number of hydrogen-bond donors (Lipinski definition) is 1. The summed E-state index contributed by atoms with van der Waals surface area (Å²) in [5, 5.41) is 3.74. The summed E-state index contributed by atoms with van der Waals surface area (Å²) in [5.41, 5.74) is 0.583. The average Bonchev–Trinajstić information content (AvgIpc) is 3.16. The summed E-state index contributed by atoms with van der Waals surface area (Å²) in [4.78, 5) is 29.9. The molecule has 1 aromatic heterocycles. The van der Waals surface area contributed by atoms with E-state index in [0.29, 0.717) is 29.1 Å². The number of ether oxygens (including phenoxy) is 1. The zero-order chi connectivity index (χ0) is 18.5. The predicted molar refractivity (Wildman–Crippen MR) is 104 cm³/mol. The first kappa shape index (κ1) is 18.9. The van der Waals surface area contributed by atoms with Crippen molar-refractivity contribution < 1.29 is 9.53 Å². The summed E-state index contributed by atoms with van der Waals surface area (Å²) in [7, 11) is 0. The number of rotatable bonds is 7.